The fourth-order valence-corrected chi connectivity index (χ4v) is 2.59. The molecule has 0 radical (unpaired) electrons. The Morgan fingerprint density at radius 1 is 1.30 bits per heavy atom. The molecule has 1 aromatic rings. The largest absolute Gasteiger partial charge is 0.433 e. The SMILES string of the molecule is CC(=O)O[C@H]1OC[C@H]2O[C@@H]1C[C@@H]2OCc1ccccc1. The molecule has 4 atom stereocenters. The van der Waals surface area contributed by atoms with E-state index in [2.05, 4.69) is 0 Å². The fourth-order valence-electron chi connectivity index (χ4n) is 2.59. The smallest absolute Gasteiger partial charge is 0.305 e. The molecule has 2 bridgehead atoms. The van der Waals surface area contributed by atoms with Gasteiger partial charge in [-0.3, -0.25) is 4.79 Å². The van der Waals surface area contributed by atoms with Crippen molar-refractivity contribution in [2.75, 3.05) is 6.61 Å². The number of benzene rings is 1. The minimum absolute atomic E-state index is 0.0132. The Labute approximate surface area is 117 Å². The van der Waals surface area contributed by atoms with E-state index in [1.807, 2.05) is 30.3 Å². The highest BCUT2D eigenvalue weighted by Crippen LogP contribution is 2.32. The van der Waals surface area contributed by atoms with Gasteiger partial charge in [-0.05, 0) is 5.56 Å². The molecule has 5 nitrogen and oxygen atoms in total. The predicted molar refractivity (Wildman–Crippen MR) is 69.8 cm³/mol. The zero-order chi connectivity index (χ0) is 13.9. The fraction of sp³-hybridized carbons (Fsp3) is 0.533. The lowest BCUT2D eigenvalue weighted by atomic mass is 10.1. The molecule has 0 unspecified atom stereocenters. The molecule has 0 amide bonds. The predicted octanol–water partition coefficient (Wildman–Crippen LogP) is 1.65. The van der Waals surface area contributed by atoms with Crippen LogP contribution in [0.3, 0.4) is 0 Å². The lowest BCUT2D eigenvalue weighted by molar-refractivity contribution is -0.246. The van der Waals surface area contributed by atoms with Crippen molar-refractivity contribution in [2.24, 2.45) is 0 Å². The Balaban J connectivity index is 1.54. The monoisotopic (exact) mass is 278 g/mol. The van der Waals surface area contributed by atoms with Crippen molar-refractivity contribution in [3.8, 4) is 0 Å². The van der Waals surface area contributed by atoms with Crippen molar-refractivity contribution >= 4 is 5.97 Å². The maximum atomic E-state index is 11.0. The molecular formula is C15H18O5. The third-order valence-electron chi connectivity index (χ3n) is 3.55. The van der Waals surface area contributed by atoms with Crippen LogP contribution in [-0.4, -0.2) is 37.2 Å². The maximum absolute atomic E-state index is 11.0. The van der Waals surface area contributed by atoms with Crippen LogP contribution in [0.15, 0.2) is 30.3 Å². The number of rotatable bonds is 4. The molecule has 2 aliphatic rings. The van der Waals surface area contributed by atoms with Crippen LogP contribution >= 0.6 is 0 Å². The van der Waals surface area contributed by atoms with Crippen molar-refractivity contribution < 1.29 is 23.7 Å². The van der Waals surface area contributed by atoms with Gasteiger partial charge in [-0.15, -0.1) is 0 Å². The highest BCUT2D eigenvalue weighted by molar-refractivity contribution is 5.66. The minimum Gasteiger partial charge on any atom is -0.433 e. The molecule has 0 spiro atoms. The summed E-state index contributed by atoms with van der Waals surface area (Å²) in [6, 6.07) is 10.0. The Morgan fingerprint density at radius 3 is 2.85 bits per heavy atom. The van der Waals surface area contributed by atoms with Crippen molar-refractivity contribution in [2.45, 2.75) is 44.6 Å². The van der Waals surface area contributed by atoms with Gasteiger partial charge < -0.3 is 18.9 Å². The number of ether oxygens (including phenoxy) is 4. The van der Waals surface area contributed by atoms with Gasteiger partial charge in [0.15, 0.2) is 0 Å². The van der Waals surface area contributed by atoms with Crippen LogP contribution in [0.25, 0.3) is 0 Å². The third-order valence-corrected chi connectivity index (χ3v) is 3.55. The molecule has 1 aromatic carbocycles. The molecule has 5 heteroatoms. The van der Waals surface area contributed by atoms with Crippen molar-refractivity contribution in [1.82, 2.24) is 0 Å². The quantitative estimate of drug-likeness (QED) is 0.784. The van der Waals surface area contributed by atoms with Gasteiger partial charge in [0, 0.05) is 13.3 Å². The zero-order valence-corrected chi connectivity index (χ0v) is 11.4. The van der Waals surface area contributed by atoms with E-state index < -0.39 is 6.29 Å². The summed E-state index contributed by atoms with van der Waals surface area (Å²) in [6.07, 6.45) is -0.223. The van der Waals surface area contributed by atoms with Crippen LogP contribution in [0.4, 0.5) is 0 Å². The Hall–Kier alpha value is -1.43. The maximum Gasteiger partial charge on any atom is 0.305 e. The molecular weight excluding hydrogens is 260 g/mol. The van der Waals surface area contributed by atoms with Crippen LogP contribution in [0.5, 0.6) is 0 Å². The van der Waals surface area contributed by atoms with Crippen LogP contribution in [0.2, 0.25) is 0 Å². The first-order valence-electron chi connectivity index (χ1n) is 6.82. The van der Waals surface area contributed by atoms with Gasteiger partial charge in [0.2, 0.25) is 6.29 Å². The summed E-state index contributed by atoms with van der Waals surface area (Å²) in [6.45, 7) is 2.32. The van der Waals surface area contributed by atoms with Crippen LogP contribution in [-0.2, 0) is 30.3 Å². The second-order valence-corrected chi connectivity index (χ2v) is 5.09. The van der Waals surface area contributed by atoms with E-state index in [1.165, 1.54) is 6.92 Å². The topological polar surface area (TPSA) is 54.0 Å². The van der Waals surface area contributed by atoms with Crippen LogP contribution in [0.1, 0.15) is 18.9 Å². The summed E-state index contributed by atoms with van der Waals surface area (Å²) >= 11 is 0. The van der Waals surface area contributed by atoms with E-state index in [0.717, 1.165) is 5.56 Å². The van der Waals surface area contributed by atoms with Crippen LogP contribution in [0, 0.1) is 0 Å². The van der Waals surface area contributed by atoms with E-state index >= 15 is 0 Å². The number of carbonyl (C=O) groups is 1. The van der Waals surface area contributed by atoms with Gasteiger partial charge in [-0.25, -0.2) is 0 Å². The molecule has 2 aliphatic heterocycles. The molecule has 20 heavy (non-hydrogen) atoms. The highest BCUT2D eigenvalue weighted by Gasteiger charge is 2.46. The number of hydrogen-bond acceptors (Lipinski definition) is 5. The average molecular weight is 278 g/mol. The van der Waals surface area contributed by atoms with E-state index in [0.29, 0.717) is 19.6 Å². The second-order valence-electron chi connectivity index (χ2n) is 5.09. The third kappa shape index (κ3) is 3.00. The van der Waals surface area contributed by atoms with Gasteiger partial charge >= 0.3 is 5.97 Å². The Morgan fingerprint density at radius 2 is 2.10 bits per heavy atom. The molecule has 108 valence electrons. The summed E-state index contributed by atoms with van der Waals surface area (Å²) < 4.78 is 22.3. The first-order valence-corrected chi connectivity index (χ1v) is 6.82. The summed E-state index contributed by atoms with van der Waals surface area (Å²) in [5, 5.41) is 0. The van der Waals surface area contributed by atoms with Gasteiger partial charge in [0.25, 0.3) is 0 Å². The molecule has 2 saturated heterocycles. The van der Waals surface area contributed by atoms with Crippen molar-refractivity contribution in [3.63, 3.8) is 0 Å². The van der Waals surface area contributed by atoms with Crippen molar-refractivity contribution in [1.29, 1.82) is 0 Å². The standard InChI is InChI=1S/C15H18O5/c1-10(16)19-15-13-7-12(14(20-13)9-18-15)17-8-11-5-3-2-4-6-11/h2-6,12-15H,7-9H2,1H3/t12-,13+,14+,15+/m0/s1. The molecule has 3 rings (SSSR count). The Bertz CT molecular complexity index is 461. The minimum atomic E-state index is -0.603. The second kappa shape index (κ2) is 5.91. The van der Waals surface area contributed by atoms with Crippen LogP contribution < -0.4 is 0 Å². The Kier molecular flexibility index (Phi) is 4.00. The van der Waals surface area contributed by atoms with E-state index in [9.17, 15) is 4.79 Å². The summed E-state index contributed by atoms with van der Waals surface area (Å²) in [5.41, 5.74) is 1.13. The highest BCUT2D eigenvalue weighted by atomic mass is 16.7. The molecule has 2 heterocycles. The normalized spacial score (nSPS) is 32.0. The first kappa shape index (κ1) is 13.5. The van der Waals surface area contributed by atoms with Crippen molar-refractivity contribution in [3.05, 3.63) is 35.9 Å². The summed E-state index contributed by atoms with van der Waals surface area (Å²) in [7, 11) is 0. The van der Waals surface area contributed by atoms with Gasteiger partial charge in [0.05, 0.1) is 19.3 Å². The molecule has 0 N–H and O–H groups in total. The average Bonchev–Trinajstić information content (AvgIpc) is 2.78. The van der Waals surface area contributed by atoms with Gasteiger partial charge in [-0.2, -0.15) is 0 Å². The van der Waals surface area contributed by atoms with Gasteiger partial charge in [0.1, 0.15) is 12.2 Å². The summed E-state index contributed by atoms with van der Waals surface area (Å²) in [5.74, 6) is -0.356. The lowest BCUT2D eigenvalue weighted by Gasteiger charge is -2.28. The number of fused-ring (bicyclic) bond motifs is 2. The molecule has 0 aromatic heterocycles. The number of esters is 1. The molecule has 2 fully saturated rings. The van der Waals surface area contributed by atoms with E-state index in [1.54, 1.807) is 0 Å². The first-order chi connectivity index (χ1) is 9.72. The number of carbonyl (C=O) groups excluding carboxylic acids is 1. The molecule has 0 saturated carbocycles. The number of hydrogen-bond donors (Lipinski definition) is 0. The van der Waals surface area contributed by atoms with E-state index in [-0.39, 0.29) is 24.3 Å². The summed E-state index contributed by atoms with van der Waals surface area (Å²) in [4.78, 5) is 11.0. The molecule has 0 aliphatic carbocycles. The lowest BCUT2D eigenvalue weighted by Crippen LogP contribution is -2.40. The van der Waals surface area contributed by atoms with Gasteiger partial charge in [-0.1, -0.05) is 30.3 Å². The van der Waals surface area contributed by atoms with E-state index in [4.69, 9.17) is 18.9 Å². The zero-order valence-electron chi connectivity index (χ0n) is 11.4.